The molecule has 0 radical (unpaired) electrons. The molecule has 3 aromatic rings. The molecule has 0 spiro atoms. The van der Waals surface area contributed by atoms with Crippen molar-refractivity contribution in [2.75, 3.05) is 6.54 Å². The Bertz CT molecular complexity index is 961. The molecule has 2 amide bonds. The SMILES string of the molecule is O=C1N[C@H](C(=O)NCCCn2ccc3ccccc32)Cc2ccccc21. The predicted octanol–water partition coefficient (Wildman–Crippen LogP) is 2.50. The molecule has 1 atom stereocenters. The third kappa shape index (κ3) is 3.20. The first kappa shape index (κ1) is 16.4. The Balaban J connectivity index is 1.30. The number of rotatable bonds is 5. The Labute approximate surface area is 152 Å². The van der Waals surface area contributed by atoms with E-state index >= 15 is 0 Å². The summed E-state index contributed by atoms with van der Waals surface area (Å²) in [5, 5.41) is 6.96. The number of fused-ring (bicyclic) bond motifs is 2. The van der Waals surface area contributed by atoms with Gasteiger partial charge >= 0.3 is 0 Å². The third-order valence-corrected chi connectivity index (χ3v) is 4.86. The molecule has 0 unspecified atom stereocenters. The highest BCUT2D eigenvalue weighted by Gasteiger charge is 2.28. The van der Waals surface area contributed by atoms with Gasteiger partial charge in [0.25, 0.3) is 5.91 Å². The van der Waals surface area contributed by atoms with Crippen LogP contribution in [0.3, 0.4) is 0 Å². The van der Waals surface area contributed by atoms with Crippen molar-refractivity contribution in [1.82, 2.24) is 15.2 Å². The second kappa shape index (κ2) is 7.04. The van der Waals surface area contributed by atoms with Crippen molar-refractivity contribution in [2.24, 2.45) is 0 Å². The highest BCUT2D eigenvalue weighted by molar-refractivity contribution is 6.00. The van der Waals surface area contributed by atoms with Crippen molar-refractivity contribution in [2.45, 2.75) is 25.4 Å². The number of hydrogen-bond donors (Lipinski definition) is 2. The van der Waals surface area contributed by atoms with E-state index in [0.717, 1.165) is 18.5 Å². The highest BCUT2D eigenvalue weighted by Crippen LogP contribution is 2.17. The van der Waals surface area contributed by atoms with Gasteiger partial charge in [0.05, 0.1) is 0 Å². The zero-order chi connectivity index (χ0) is 17.9. The standard InChI is InChI=1S/C21H21N3O2/c25-20-17-8-3-1-7-16(17)14-18(23-20)21(26)22-11-5-12-24-13-10-15-6-2-4-9-19(15)24/h1-4,6-10,13,18H,5,11-12,14H2,(H,22,26)(H,23,25)/t18-/m0/s1. The van der Waals surface area contributed by atoms with Gasteiger partial charge in [-0.1, -0.05) is 36.4 Å². The number of para-hydroxylation sites is 1. The minimum atomic E-state index is -0.496. The maximum Gasteiger partial charge on any atom is 0.252 e. The number of nitrogens with one attached hydrogen (secondary N) is 2. The van der Waals surface area contributed by atoms with E-state index in [0.29, 0.717) is 18.5 Å². The maximum absolute atomic E-state index is 12.4. The van der Waals surface area contributed by atoms with Gasteiger partial charge in [0.1, 0.15) is 6.04 Å². The van der Waals surface area contributed by atoms with E-state index in [2.05, 4.69) is 39.6 Å². The number of benzene rings is 2. The summed E-state index contributed by atoms with van der Waals surface area (Å²) in [4.78, 5) is 24.5. The van der Waals surface area contributed by atoms with Gasteiger partial charge < -0.3 is 15.2 Å². The lowest BCUT2D eigenvalue weighted by Crippen LogP contribution is -2.51. The fraction of sp³-hybridized carbons (Fsp3) is 0.238. The van der Waals surface area contributed by atoms with Gasteiger partial charge in [-0.25, -0.2) is 0 Å². The smallest absolute Gasteiger partial charge is 0.252 e. The summed E-state index contributed by atoms with van der Waals surface area (Å²) < 4.78 is 2.19. The van der Waals surface area contributed by atoms with Crippen LogP contribution < -0.4 is 10.6 Å². The van der Waals surface area contributed by atoms with Crippen LogP contribution in [0.5, 0.6) is 0 Å². The summed E-state index contributed by atoms with van der Waals surface area (Å²) >= 11 is 0. The van der Waals surface area contributed by atoms with Gasteiger partial charge in [0, 0.05) is 36.8 Å². The van der Waals surface area contributed by atoms with Gasteiger partial charge in [-0.2, -0.15) is 0 Å². The quantitative estimate of drug-likeness (QED) is 0.697. The van der Waals surface area contributed by atoms with E-state index in [1.54, 1.807) is 6.07 Å². The Morgan fingerprint density at radius 2 is 1.92 bits per heavy atom. The van der Waals surface area contributed by atoms with Crippen LogP contribution >= 0.6 is 0 Å². The van der Waals surface area contributed by atoms with Crippen LogP contribution in [-0.2, 0) is 17.8 Å². The number of amides is 2. The maximum atomic E-state index is 12.4. The van der Waals surface area contributed by atoms with E-state index in [1.807, 2.05) is 30.3 Å². The van der Waals surface area contributed by atoms with E-state index in [1.165, 1.54) is 10.9 Å². The molecule has 26 heavy (non-hydrogen) atoms. The van der Waals surface area contributed by atoms with Crippen molar-refractivity contribution in [3.05, 3.63) is 71.9 Å². The average molecular weight is 347 g/mol. The summed E-state index contributed by atoms with van der Waals surface area (Å²) in [5.74, 6) is -0.295. The second-order valence-electron chi connectivity index (χ2n) is 6.60. The Morgan fingerprint density at radius 3 is 2.85 bits per heavy atom. The van der Waals surface area contributed by atoms with E-state index in [4.69, 9.17) is 0 Å². The number of nitrogens with zero attached hydrogens (tertiary/aromatic N) is 1. The van der Waals surface area contributed by atoms with Crippen LogP contribution in [0.25, 0.3) is 10.9 Å². The first-order valence-corrected chi connectivity index (χ1v) is 8.93. The first-order valence-electron chi connectivity index (χ1n) is 8.93. The molecule has 4 rings (SSSR count). The molecule has 1 aromatic heterocycles. The molecule has 5 heteroatoms. The minimum absolute atomic E-state index is 0.120. The molecule has 0 bridgehead atoms. The number of carbonyl (C=O) groups is 2. The number of hydrogen-bond acceptors (Lipinski definition) is 2. The summed E-state index contributed by atoms with van der Waals surface area (Å²) in [7, 11) is 0. The summed E-state index contributed by atoms with van der Waals surface area (Å²) in [5.41, 5.74) is 2.79. The van der Waals surface area contributed by atoms with Gasteiger partial charge in [-0.05, 0) is 35.6 Å². The zero-order valence-corrected chi connectivity index (χ0v) is 14.4. The van der Waals surface area contributed by atoms with Gasteiger partial charge in [0.2, 0.25) is 5.91 Å². The fourth-order valence-electron chi connectivity index (χ4n) is 3.50. The Hall–Kier alpha value is -3.08. The molecule has 2 N–H and O–H groups in total. The van der Waals surface area contributed by atoms with Crippen molar-refractivity contribution in [1.29, 1.82) is 0 Å². The van der Waals surface area contributed by atoms with Crippen LogP contribution in [0.2, 0.25) is 0 Å². The number of carbonyl (C=O) groups excluding carboxylic acids is 2. The lowest BCUT2D eigenvalue weighted by atomic mass is 9.95. The molecule has 132 valence electrons. The van der Waals surface area contributed by atoms with Crippen LogP contribution in [0.4, 0.5) is 0 Å². The normalized spacial score (nSPS) is 16.2. The fourth-order valence-corrected chi connectivity index (χ4v) is 3.50. The van der Waals surface area contributed by atoms with E-state index < -0.39 is 6.04 Å². The average Bonchev–Trinajstić information content (AvgIpc) is 3.08. The Morgan fingerprint density at radius 1 is 1.12 bits per heavy atom. The van der Waals surface area contributed by atoms with Gasteiger partial charge in [-0.15, -0.1) is 0 Å². The Kier molecular flexibility index (Phi) is 4.44. The topological polar surface area (TPSA) is 63.1 Å². The largest absolute Gasteiger partial charge is 0.354 e. The van der Waals surface area contributed by atoms with Crippen molar-refractivity contribution in [3.63, 3.8) is 0 Å². The monoisotopic (exact) mass is 347 g/mol. The molecule has 2 heterocycles. The summed E-state index contributed by atoms with van der Waals surface area (Å²) in [6.45, 7) is 1.42. The van der Waals surface area contributed by atoms with Crippen molar-refractivity contribution >= 4 is 22.7 Å². The minimum Gasteiger partial charge on any atom is -0.354 e. The number of aromatic nitrogens is 1. The molecular weight excluding hydrogens is 326 g/mol. The van der Waals surface area contributed by atoms with Crippen molar-refractivity contribution < 1.29 is 9.59 Å². The molecule has 2 aromatic carbocycles. The molecule has 0 saturated heterocycles. The highest BCUT2D eigenvalue weighted by atomic mass is 16.2. The van der Waals surface area contributed by atoms with Crippen LogP contribution in [0.15, 0.2) is 60.8 Å². The molecule has 0 aliphatic carbocycles. The second-order valence-corrected chi connectivity index (χ2v) is 6.60. The lowest BCUT2D eigenvalue weighted by Gasteiger charge is -2.24. The molecule has 1 aliphatic rings. The molecule has 5 nitrogen and oxygen atoms in total. The molecule has 0 saturated carbocycles. The first-order chi connectivity index (χ1) is 12.7. The van der Waals surface area contributed by atoms with Crippen LogP contribution in [0, 0.1) is 0 Å². The van der Waals surface area contributed by atoms with Crippen LogP contribution in [0.1, 0.15) is 22.3 Å². The molecular formula is C21H21N3O2. The third-order valence-electron chi connectivity index (χ3n) is 4.86. The van der Waals surface area contributed by atoms with E-state index in [-0.39, 0.29) is 11.8 Å². The molecule has 1 aliphatic heterocycles. The van der Waals surface area contributed by atoms with Crippen molar-refractivity contribution in [3.8, 4) is 0 Å². The number of aryl methyl sites for hydroxylation is 1. The summed E-state index contributed by atoms with van der Waals surface area (Å²) in [6.07, 6.45) is 3.45. The summed E-state index contributed by atoms with van der Waals surface area (Å²) in [6, 6.07) is 17.3. The van der Waals surface area contributed by atoms with Gasteiger partial charge in [-0.3, -0.25) is 9.59 Å². The van der Waals surface area contributed by atoms with Gasteiger partial charge in [0.15, 0.2) is 0 Å². The predicted molar refractivity (Wildman–Crippen MR) is 101 cm³/mol. The van der Waals surface area contributed by atoms with Crippen LogP contribution in [-0.4, -0.2) is 29.0 Å². The molecule has 0 fully saturated rings. The lowest BCUT2D eigenvalue weighted by molar-refractivity contribution is -0.123. The zero-order valence-electron chi connectivity index (χ0n) is 14.4. The van der Waals surface area contributed by atoms with E-state index in [9.17, 15) is 9.59 Å².